The van der Waals surface area contributed by atoms with E-state index in [2.05, 4.69) is 26.0 Å². The van der Waals surface area contributed by atoms with Crippen molar-refractivity contribution in [2.75, 3.05) is 6.61 Å². The Hall–Kier alpha value is -0.790. The standard InChI is InChI=1S/C41H80O2/c1-3-5-7-9-11-13-15-17-19-20-21-22-23-24-25-27-29-31-33-35-37-39-41(42)43-40-38-36-34-32-30-28-26-18-16-14-12-10-8-6-4-2/h17,19H,3-16,18,20-40H2,1-2H3/b19-17-. The van der Waals surface area contributed by atoms with E-state index in [9.17, 15) is 4.79 Å². The van der Waals surface area contributed by atoms with Crippen LogP contribution in [0.15, 0.2) is 12.2 Å². The zero-order valence-corrected chi connectivity index (χ0v) is 29.9. The largest absolute Gasteiger partial charge is 0.466 e. The van der Waals surface area contributed by atoms with Crippen LogP contribution in [0.3, 0.4) is 0 Å². The first-order valence-electron chi connectivity index (χ1n) is 20.1. The van der Waals surface area contributed by atoms with Crippen molar-refractivity contribution in [1.82, 2.24) is 0 Å². The lowest BCUT2D eigenvalue weighted by atomic mass is 10.0. The van der Waals surface area contributed by atoms with Crippen LogP contribution in [-0.2, 0) is 9.53 Å². The van der Waals surface area contributed by atoms with Gasteiger partial charge in [-0.1, -0.05) is 206 Å². The fourth-order valence-electron chi connectivity index (χ4n) is 6.13. The lowest BCUT2D eigenvalue weighted by Gasteiger charge is -2.06. The van der Waals surface area contributed by atoms with Crippen molar-refractivity contribution in [3.8, 4) is 0 Å². The first-order chi connectivity index (χ1) is 21.3. The average molecular weight is 605 g/mol. The smallest absolute Gasteiger partial charge is 0.305 e. The summed E-state index contributed by atoms with van der Waals surface area (Å²) in [6.07, 6.45) is 51.5. The molecule has 0 saturated carbocycles. The van der Waals surface area contributed by atoms with E-state index in [0.29, 0.717) is 13.0 Å². The molecule has 0 saturated heterocycles. The van der Waals surface area contributed by atoms with Gasteiger partial charge in [-0.15, -0.1) is 0 Å². The average Bonchev–Trinajstić information content (AvgIpc) is 3.01. The van der Waals surface area contributed by atoms with Crippen molar-refractivity contribution in [3.63, 3.8) is 0 Å². The molecule has 0 spiro atoms. The number of allylic oxidation sites excluding steroid dienone is 2. The minimum Gasteiger partial charge on any atom is -0.466 e. The van der Waals surface area contributed by atoms with Gasteiger partial charge in [0.05, 0.1) is 6.61 Å². The fourth-order valence-corrected chi connectivity index (χ4v) is 6.13. The molecular weight excluding hydrogens is 524 g/mol. The highest BCUT2D eigenvalue weighted by Gasteiger charge is 2.03. The van der Waals surface area contributed by atoms with Crippen LogP contribution in [0, 0.1) is 0 Å². The SMILES string of the molecule is CCCCCCCC/C=C\CCCCCCCCCCCCCC(=O)OCCCCCCCCCCCCCCCCC. The molecule has 0 aliphatic carbocycles. The Bertz CT molecular complexity index is 540. The minimum absolute atomic E-state index is 0.0265. The maximum absolute atomic E-state index is 12.0. The van der Waals surface area contributed by atoms with E-state index in [4.69, 9.17) is 4.74 Å². The Kier molecular flexibility index (Phi) is 38.5. The molecule has 0 aromatic carbocycles. The zero-order chi connectivity index (χ0) is 31.2. The number of hydrogen-bond donors (Lipinski definition) is 0. The third kappa shape index (κ3) is 39.2. The molecule has 0 rings (SSSR count). The molecule has 43 heavy (non-hydrogen) atoms. The van der Waals surface area contributed by atoms with Crippen LogP contribution in [0.2, 0.25) is 0 Å². The van der Waals surface area contributed by atoms with Gasteiger partial charge in [0.1, 0.15) is 0 Å². The molecule has 0 heterocycles. The highest BCUT2D eigenvalue weighted by molar-refractivity contribution is 5.69. The highest BCUT2D eigenvalue weighted by atomic mass is 16.5. The summed E-state index contributed by atoms with van der Waals surface area (Å²) >= 11 is 0. The molecule has 0 aromatic heterocycles. The van der Waals surface area contributed by atoms with E-state index in [0.717, 1.165) is 12.8 Å². The van der Waals surface area contributed by atoms with Gasteiger partial charge in [0.15, 0.2) is 0 Å². The van der Waals surface area contributed by atoms with Gasteiger partial charge >= 0.3 is 5.97 Å². The normalized spacial score (nSPS) is 11.6. The van der Waals surface area contributed by atoms with Crippen LogP contribution in [0.4, 0.5) is 0 Å². The van der Waals surface area contributed by atoms with Crippen molar-refractivity contribution in [2.45, 2.75) is 239 Å². The van der Waals surface area contributed by atoms with Crippen LogP contribution >= 0.6 is 0 Å². The number of carbonyl (C=O) groups is 1. The summed E-state index contributed by atoms with van der Waals surface area (Å²) in [7, 11) is 0. The van der Waals surface area contributed by atoms with Crippen LogP contribution in [0.25, 0.3) is 0 Å². The minimum atomic E-state index is 0.0265. The van der Waals surface area contributed by atoms with Crippen molar-refractivity contribution in [1.29, 1.82) is 0 Å². The molecule has 2 nitrogen and oxygen atoms in total. The quantitative estimate of drug-likeness (QED) is 0.0400. The molecule has 0 fully saturated rings. The Morgan fingerprint density at radius 1 is 0.372 bits per heavy atom. The zero-order valence-electron chi connectivity index (χ0n) is 29.9. The molecule has 0 aromatic rings. The number of rotatable bonds is 37. The molecule has 0 amide bonds. The summed E-state index contributed by atoms with van der Waals surface area (Å²) in [5.74, 6) is 0.0265. The summed E-state index contributed by atoms with van der Waals surface area (Å²) in [5.41, 5.74) is 0. The Balaban J connectivity index is 3.17. The Morgan fingerprint density at radius 3 is 1.00 bits per heavy atom. The van der Waals surface area contributed by atoms with Crippen LogP contribution in [0.1, 0.15) is 239 Å². The van der Waals surface area contributed by atoms with E-state index in [1.165, 1.54) is 205 Å². The predicted octanol–water partition coefficient (Wildman–Crippen LogP) is 14.8. The van der Waals surface area contributed by atoms with Crippen LogP contribution in [-0.4, -0.2) is 12.6 Å². The second kappa shape index (κ2) is 39.2. The Labute approximate surface area is 272 Å². The first-order valence-corrected chi connectivity index (χ1v) is 20.1. The van der Waals surface area contributed by atoms with E-state index < -0.39 is 0 Å². The molecule has 0 aliphatic heterocycles. The second-order valence-corrected chi connectivity index (χ2v) is 13.6. The molecular formula is C41H80O2. The van der Waals surface area contributed by atoms with Gasteiger partial charge in [-0.05, 0) is 38.5 Å². The number of hydrogen-bond acceptors (Lipinski definition) is 2. The van der Waals surface area contributed by atoms with E-state index in [1.807, 2.05) is 0 Å². The summed E-state index contributed by atoms with van der Waals surface area (Å²) in [4.78, 5) is 12.0. The number of esters is 1. The van der Waals surface area contributed by atoms with Gasteiger partial charge in [0.2, 0.25) is 0 Å². The third-order valence-corrected chi connectivity index (χ3v) is 9.15. The Morgan fingerprint density at radius 2 is 0.651 bits per heavy atom. The van der Waals surface area contributed by atoms with Gasteiger partial charge in [0, 0.05) is 6.42 Å². The van der Waals surface area contributed by atoms with Gasteiger partial charge in [-0.2, -0.15) is 0 Å². The van der Waals surface area contributed by atoms with E-state index in [-0.39, 0.29) is 5.97 Å². The number of ether oxygens (including phenoxy) is 1. The lowest BCUT2D eigenvalue weighted by molar-refractivity contribution is -0.143. The van der Waals surface area contributed by atoms with Crippen LogP contribution < -0.4 is 0 Å². The molecule has 0 N–H and O–H groups in total. The molecule has 256 valence electrons. The molecule has 2 heteroatoms. The van der Waals surface area contributed by atoms with Crippen molar-refractivity contribution < 1.29 is 9.53 Å². The summed E-state index contributed by atoms with van der Waals surface area (Å²) in [6, 6.07) is 0. The van der Waals surface area contributed by atoms with Gasteiger partial charge in [0.25, 0.3) is 0 Å². The topological polar surface area (TPSA) is 26.3 Å². The lowest BCUT2D eigenvalue weighted by Crippen LogP contribution is -2.05. The maximum Gasteiger partial charge on any atom is 0.305 e. The van der Waals surface area contributed by atoms with Crippen molar-refractivity contribution in [3.05, 3.63) is 12.2 Å². The summed E-state index contributed by atoms with van der Waals surface area (Å²) < 4.78 is 5.46. The van der Waals surface area contributed by atoms with Gasteiger partial charge in [-0.3, -0.25) is 4.79 Å². The molecule has 0 unspecified atom stereocenters. The molecule has 0 atom stereocenters. The fraction of sp³-hybridized carbons (Fsp3) is 0.927. The van der Waals surface area contributed by atoms with Crippen molar-refractivity contribution >= 4 is 5.97 Å². The van der Waals surface area contributed by atoms with Gasteiger partial charge in [-0.25, -0.2) is 0 Å². The third-order valence-electron chi connectivity index (χ3n) is 9.15. The summed E-state index contributed by atoms with van der Waals surface area (Å²) in [6.45, 7) is 5.21. The second-order valence-electron chi connectivity index (χ2n) is 13.6. The first kappa shape index (κ1) is 42.2. The number of carbonyl (C=O) groups excluding carboxylic acids is 1. The number of unbranched alkanes of at least 4 members (excludes halogenated alkanes) is 31. The maximum atomic E-state index is 12.0. The molecule has 0 bridgehead atoms. The molecule has 0 radical (unpaired) electrons. The van der Waals surface area contributed by atoms with E-state index in [1.54, 1.807) is 0 Å². The summed E-state index contributed by atoms with van der Waals surface area (Å²) in [5, 5.41) is 0. The predicted molar refractivity (Wildman–Crippen MR) is 193 cm³/mol. The van der Waals surface area contributed by atoms with Crippen LogP contribution in [0.5, 0.6) is 0 Å². The monoisotopic (exact) mass is 605 g/mol. The van der Waals surface area contributed by atoms with Gasteiger partial charge < -0.3 is 4.74 Å². The molecule has 0 aliphatic rings. The van der Waals surface area contributed by atoms with E-state index >= 15 is 0 Å². The highest BCUT2D eigenvalue weighted by Crippen LogP contribution is 2.15. The van der Waals surface area contributed by atoms with Crippen molar-refractivity contribution in [2.24, 2.45) is 0 Å².